The van der Waals surface area contributed by atoms with Crippen molar-refractivity contribution in [1.29, 1.82) is 0 Å². The molecular weight excluding hydrogens is 306 g/mol. The second-order valence-corrected chi connectivity index (χ2v) is 5.60. The predicted molar refractivity (Wildman–Crippen MR) is 80.2 cm³/mol. The van der Waals surface area contributed by atoms with E-state index in [1.54, 1.807) is 6.21 Å². The zero-order valence-corrected chi connectivity index (χ0v) is 12.4. The molecule has 1 aliphatic heterocycles. The van der Waals surface area contributed by atoms with Gasteiger partial charge in [-0.05, 0) is 43.6 Å². The summed E-state index contributed by atoms with van der Waals surface area (Å²) in [6.45, 7) is 2.47. The minimum atomic E-state index is -0.0480. The molecule has 1 aromatic carbocycles. The lowest BCUT2D eigenvalue weighted by atomic mass is 10.1. The number of hydrogen-bond donors (Lipinski definition) is 1. The molecule has 19 heavy (non-hydrogen) atoms. The van der Waals surface area contributed by atoms with E-state index in [9.17, 15) is 4.79 Å². The van der Waals surface area contributed by atoms with Crippen molar-refractivity contribution < 1.29 is 4.79 Å². The summed E-state index contributed by atoms with van der Waals surface area (Å²) in [5.74, 6) is -0.0480. The summed E-state index contributed by atoms with van der Waals surface area (Å²) in [6, 6.07) is 7.76. The molecule has 0 saturated carbocycles. The van der Waals surface area contributed by atoms with Crippen LogP contribution in [-0.2, 0) is 4.79 Å². The van der Waals surface area contributed by atoms with Crippen LogP contribution in [0.2, 0.25) is 0 Å². The SMILES string of the molecule is O=C(CN1CCCCC1)N/N=C\c1cccc(Br)c1. The lowest BCUT2D eigenvalue weighted by Crippen LogP contribution is -2.38. The minimum absolute atomic E-state index is 0.0480. The van der Waals surface area contributed by atoms with Crippen LogP contribution >= 0.6 is 15.9 Å². The summed E-state index contributed by atoms with van der Waals surface area (Å²) in [5.41, 5.74) is 3.52. The molecular formula is C14H18BrN3O. The summed E-state index contributed by atoms with van der Waals surface area (Å²) in [6.07, 6.45) is 5.31. The Labute approximate surface area is 122 Å². The molecule has 1 aliphatic rings. The van der Waals surface area contributed by atoms with E-state index in [4.69, 9.17) is 0 Å². The zero-order valence-electron chi connectivity index (χ0n) is 10.8. The van der Waals surface area contributed by atoms with Crippen LogP contribution < -0.4 is 5.43 Å². The highest BCUT2D eigenvalue weighted by Gasteiger charge is 2.12. The van der Waals surface area contributed by atoms with Gasteiger partial charge in [-0.1, -0.05) is 34.5 Å². The summed E-state index contributed by atoms with van der Waals surface area (Å²) >= 11 is 3.39. The number of amides is 1. The van der Waals surface area contributed by atoms with Gasteiger partial charge in [0.15, 0.2) is 0 Å². The fourth-order valence-electron chi connectivity index (χ4n) is 2.12. The monoisotopic (exact) mass is 323 g/mol. The van der Waals surface area contributed by atoms with Gasteiger partial charge in [0.05, 0.1) is 12.8 Å². The average molecular weight is 324 g/mol. The number of halogens is 1. The van der Waals surface area contributed by atoms with E-state index in [2.05, 4.69) is 31.4 Å². The van der Waals surface area contributed by atoms with Gasteiger partial charge in [0.25, 0.3) is 5.91 Å². The van der Waals surface area contributed by atoms with Crippen molar-refractivity contribution in [2.45, 2.75) is 19.3 Å². The van der Waals surface area contributed by atoms with E-state index in [0.717, 1.165) is 23.1 Å². The van der Waals surface area contributed by atoms with Gasteiger partial charge in [-0.25, -0.2) is 5.43 Å². The molecule has 1 heterocycles. The maximum absolute atomic E-state index is 11.7. The third-order valence-electron chi connectivity index (χ3n) is 3.07. The number of carbonyl (C=O) groups excluding carboxylic acids is 1. The number of hydrogen-bond acceptors (Lipinski definition) is 3. The van der Waals surface area contributed by atoms with Crippen molar-refractivity contribution in [3.8, 4) is 0 Å². The number of benzene rings is 1. The third kappa shape index (κ3) is 5.12. The van der Waals surface area contributed by atoms with E-state index in [1.807, 2.05) is 24.3 Å². The number of likely N-dealkylation sites (tertiary alicyclic amines) is 1. The molecule has 1 N–H and O–H groups in total. The highest BCUT2D eigenvalue weighted by Crippen LogP contribution is 2.10. The molecule has 102 valence electrons. The normalized spacial score (nSPS) is 16.7. The summed E-state index contributed by atoms with van der Waals surface area (Å²) in [5, 5.41) is 3.98. The number of nitrogens with one attached hydrogen (secondary N) is 1. The fourth-order valence-corrected chi connectivity index (χ4v) is 2.54. The Morgan fingerprint density at radius 1 is 1.37 bits per heavy atom. The highest BCUT2D eigenvalue weighted by molar-refractivity contribution is 9.10. The molecule has 0 unspecified atom stereocenters. The maximum Gasteiger partial charge on any atom is 0.254 e. The van der Waals surface area contributed by atoms with Crippen LogP contribution in [0.3, 0.4) is 0 Å². The van der Waals surface area contributed by atoms with Crippen LogP contribution in [0.1, 0.15) is 24.8 Å². The molecule has 2 rings (SSSR count). The predicted octanol–water partition coefficient (Wildman–Crippen LogP) is 2.39. The number of hydrazone groups is 1. The van der Waals surface area contributed by atoms with Crippen molar-refractivity contribution in [3.05, 3.63) is 34.3 Å². The second kappa shape index (κ2) is 7.40. The van der Waals surface area contributed by atoms with Crippen LogP contribution in [-0.4, -0.2) is 36.7 Å². The largest absolute Gasteiger partial charge is 0.294 e. The quantitative estimate of drug-likeness (QED) is 0.683. The number of nitrogens with zero attached hydrogens (tertiary/aromatic N) is 2. The Morgan fingerprint density at radius 3 is 2.89 bits per heavy atom. The van der Waals surface area contributed by atoms with E-state index in [1.165, 1.54) is 19.3 Å². The minimum Gasteiger partial charge on any atom is -0.294 e. The van der Waals surface area contributed by atoms with Crippen molar-refractivity contribution in [2.75, 3.05) is 19.6 Å². The number of rotatable bonds is 4. The molecule has 0 bridgehead atoms. The first-order chi connectivity index (χ1) is 9.24. The summed E-state index contributed by atoms with van der Waals surface area (Å²) < 4.78 is 0.996. The van der Waals surface area contributed by atoms with Gasteiger partial charge >= 0.3 is 0 Å². The van der Waals surface area contributed by atoms with Crippen LogP contribution in [0.15, 0.2) is 33.8 Å². The van der Waals surface area contributed by atoms with Crippen molar-refractivity contribution >= 4 is 28.1 Å². The second-order valence-electron chi connectivity index (χ2n) is 4.68. The molecule has 0 spiro atoms. The topological polar surface area (TPSA) is 44.7 Å². The van der Waals surface area contributed by atoms with E-state index >= 15 is 0 Å². The molecule has 1 amide bonds. The van der Waals surface area contributed by atoms with Gasteiger partial charge in [-0.15, -0.1) is 0 Å². The van der Waals surface area contributed by atoms with Crippen LogP contribution in [0, 0.1) is 0 Å². The van der Waals surface area contributed by atoms with Gasteiger partial charge in [-0.3, -0.25) is 9.69 Å². The average Bonchev–Trinajstić information content (AvgIpc) is 2.40. The van der Waals surface area contributed by atoms with Gasteiger partial charge in [0.2, 0.25) is 0 Å². The van der Waals surface area contributed by atoms with Gasteiger partial charge in [-0.2, -0.15) is 5.10 Å². The third-order valence-corrected chi connectivity index (χ3v) is 3.56. The van der Waals surface area contributed by atoms with Crippen molar-refractivity contribution in [3.63, 3.8) is 0 Å². The van der Waals surface area contributed by atoms with Crippen LogP contribution in [0.5, 0.6) is 0 Å². The van der Waals surface area contributed by atoms with E-state index < -0.39 is 0 Å². The van der Waals surface area contributed by atoms with Gasteiger partial charge in [0, 0.05) is 4.47 Å². The molecule has 4 nitrogen and oxygen atoms in total. The molecule has 0 radical (unpaired) electrons. The van der Waals surface area contributed by atoms with Gasteiger partial charge < -0.3 is 0 Å². The number of carbonyl (C=O) groups is 1. The lowest BCUT2D eigenvalue weighted by molar-refractivity contribution is -0.122. The highest BCUT2D eigenvalue weighted by atomic mass is 79.9. The first kappa shape index (κ1) is 14.2. The maximum atomic E-state index is 11.7. The molecule has 1 saturated heterocycles. The molecule has 1 aromatic rings. The molecule has 1 fully saturated rings. The van der Waals surface area contributed by atoms with E-state index in [0.29, 0.717) is 6.54 Å². The summed E-state index contributed by atoms with van der Waals surface area (Å²) in [4.78, 5) is 13.9. The van der Waals surface area contributed by atoms with Crippen molar-refractivity contribution in [1.82, 2.24) is 10.3 Å². The molecule has 0 aromatic heterocycles. The molecule has 0 aliphatic carbocycles. The van der Waals surface area contributed by atoms with Crippen molar-refractivity contribution in [2.24, 2.45) is 5.10 Å². The van der Waals surface area contributed by atoms with Gasteiger partial charge in [0.1, 0.15) is 0 Å². The fraction of sp³-hybridized carbons (Fsp3) is 0.429. The molecule has 0 atom stereocenters. The first-order valence-electron chi connectivity index (χ1n) is 6.54. The Bertz CT molecular complexity index is 456. The Morgan fingerprint density at radius 2 is 2.16 bits per heavy atom. The van der Waals surface area contributed by atoms with E-state index in [-0.39, 0.29) is 5.91 Å². The Balaban J connectivity index is 1.76. The number of piperidine rings is 1. The smallest absolute Gasteiger partial charge is 0.254 e. The first-order valence-corrected chi connectivity index (χ1v) is 7.33. The van der Waals surface area contributed by atoms with Crippen LogP contribution in [0.4, 0.5) is 0 Å². The van der Waals surface area contributed by atoms with Crippen LogP contribution in [0.25, 0.3) is 0 Å². The Kier molecular flexibility index (Phi) is 5.54. The lowest BCUT2D eigenvalue weighted by Gasteiger charge is -2.25. The Hall–Kier alpha value is -1.20. The molecule has 5 heteroatoms. The summed E-state index contributed by atoms with van der Waals surface area (Å²) in [7, 11) is 0. The standard InChI is InChI=1S/C14H18BrN3O/c15-13-6-4-5-12(9-13)10-16-17-14(19)11-18-7-2-1-3-8-18/h4-6,9-10H,1-3,7-8,11H2,(H,17,19)/b16-10-. The zero-order chi connectivity index (χ0) is 13.5.